The third kappa shape index (κ3) is 4.96. The maximum absolute atomic E-state index is 12.6. The van der Waals surface area contributed by atoms with E-state index >= 15 is 0 Å². The van der Waals surface area contributed by atoms with E-state index in [9.17, 15) is 13.2 Å². The first-order valence-electron chi connectivity index (χ1n) is 8.11. The average Bonchev–Trinajstić information content (AvgIpc) is 3.07. The minimum atomic E-state index is -3.55. The summed E-state index contributed by atoms with van der Waals surface area (Å²) >= 11 is 2.47. The highest BCUT2D eigenvalue weighted by Gasteiger charge is 2.26. The van der Waals surface area contributed by atoms with E-state index in [4.69, 9.17) is 10.5 Å². The molecule has 0 radical (unpaired) electrons. The van der Waals surface area contributed by atoms with Crippen molar-refractivity contribution >= 4 is 49.8 Å². The summed E-state index contributed by atoms with van der Waals surface area (Å²) < 4.78 is 32.4. The van der Waals surface area contributed by atoms with E-state index in [-0.39, 0.29) is 10.8 Å². The Balaban J connectivity index is 1.62. The van der Waals surface area contributed by atoms with Crippen molar-refractivity contribution in [3.8, 4) is 0 Å². The number of nitrogens with zero attached hydrogens (tertiary/aromatic N) is 3. The SMILES string of the molecule is C[C@@H](Sc1nnc(N)s1)C(=O)Nc1ccc(S(=O)(=O)N2CCOCC2)cc1. The molecule has 146 valence electrons. The van der Waals surface area contributed by atoms with Gasteiger partial charge in [0.1, 0.15) is 0 Å². The van der Waals surface area contributed by atoms with Crippen LogP contribution in [0.25, 0.3) is 0 Å². The lowest BCUT2D eigenvalue weighted by atomic mass is 10.3. The van der Waals surface area contributed by atoms with Crippen LogP contribution in [0.5, 0.6) is 0 Å². The number of aromatic nitrogens is 2. The zero-order chi connectivity index (χ0) is 19.4. The molecule has 3 N–H and O–H groups in total. The molecule has 9 nitrogen and oxygen atoms in total. The average molecular weight is 430 g/mol. The smallest absolute Gasteiger partial charge is 0.243 e. The molecule has 1 saturated heterocycles. The second kappa shape index (κ2) is 8.52. The Morgan fingerprint density at radius 1 is 1.30 bits per heavy atom. The number of rotatable bonds is 6. The summed E-state index contributed by atoms with van der Waals surface area (Å²) in [6.07, 6.45) is 0. The summed E-state index contributed by atoms with van der Waals surface area (Å²) in [5.74, 6) is -0.224. The fourth-order valence-electron chi connectivity index (χ4n) is 2.36. The van der Waals surface area contributed by atoms with Gasteiger partial charge in [-0.25, -0.2) is 8.42 Å². The lowest BCUT2D eigenvalue weighted by Crippen LogP contribution is -2.40. The largest absolute Gasteiger partial charge is 0.379 e. The van der Waals surface area contributed by atoms with Crippen molar-refractivity contribution in [1.82, 2.24) is 14.5 Å². The first kappa shape index (κ1) is 20.0. The van der Waals surface area contributed by atoms with Crippen LogP contribution in [0.3, 0.4) is 0 Å². The molecule has 1 aliphatic heterocycles. The molecule has 0 aliphatic carbocycles. The van der Waals surface area contributed by atoms with Gasteiger partial charge in [-0.3, -0.25) is 4.79 Å². The number of carbonyl (C=O) groups is 1. The van der Waals surface area contributed by atoms with Crippen LogP contribution >= 0.6 is 23.1 Å². The van der Waals surface area contributed by atoms with Gasteiger partial charge in [0.05, 0.1) is 23.4 Å². The standard InChI is InChI=1S/C15H19N5O4S3/c1-10(25-15-19-18-14(16)26-15)13(21)17-11-2-4-12(5-3-11)27(22,23)20-6-8-24-9-7-20/h2-5,10H,6-9H2,1H3,(H2,16,18)(H,17,21)/t10-/m1/s1. The summed E-state index contributed by atoms with van der Waals surface area (Å²) in [5, 5.41) is 10.3. The number of nitrogens with two attached hydrogens (primary N) is 1. The lowest BCUT2D eigenvalue weighted by Gasteiger charge is -2.26. The zero-order valence-electron chi connectivity index (χ0n) is 14.5. The molecule has 2 heterocycles. The molecule has 12 heteroatoms. The Bertz CT molecular complexity index is 894. The number of benzene rings is 1. The van der Waals surface area contributed by atoms with Crippen LogP contribution in [-0.4, -0.2) is 60.4 Å². The first-order chi connectivity index (χ1) is 12.9. The van der Waals surface area contributed by atoms with E-state index in [1.165, 1.54) is 39.5 Å². The topological polar surface area (TPSA) is 128 Å². The van der Waals surface area contributed by atoms with Crippen LogP contribution in [0.4, 0.5) is 10.8 Å². The third-order valence-corrected chi connectivity index (χ3v) is 7.65. The minimum absolute atomic E-state index is 0.189. The molecule has 27 heavy (non-hydrogen) atoms. The highest BCUT2D eigenvalue weighted by molar-refractivity contribution is 8.02. The number of nitrogens with one attached hydrogen (secondary N) is 1. The maximum atomic E-state index is 12.6. The monoisotopic (exact) mass is 429 g/mol. The van der Waals surface area contributed by atoms with Crippen molar-refractivity contribution in [2.75, 3.05) is 37.4 Å². The van der Waals surface area contributed by atoms with Gasteiger partial charge in [-0.2, -0.15) is 4.31 Å². The Morgan fingerprint density at radius 3 is 2.56 bits per heavy atom. The second-order valence-electron chi connectivity index (χ2n) is 5.70. The van der Waals surface area contributed by atoms with Crippen molar-refractivity contribution in [1.29, 1.82) is 0 Å². The fourth-order valence-corrected chi connectivity index (χ4v) is 5.55. The van der Waals surface area contributed by atoms with E-state index in [1.54, 1.807) is 19.1 Å². The van der Waals surface area contributed by atoms with Gasteiger partial charge in [-0.05, 0) is 31.2 Å². The molecule has 1 aromatic heterocycles. The molecule has 0 unspecified atom stereocenters. The summed E-state index contributed by atoms with van der Waals surface area (Å²) in [7, 11) is -3.55. The number of sulfonamides is 1. The summed E-state index contributed by atoms with van der Waals surface area (Å²) in [6, 6.07) is 6.13. The van der Waals surface area contributed by atoms with Gasteiger partial charge < -0.3 is 15.8 Å². The van der Waals surface area contributed by atoms with Gasteiger partial charge in [0, 0.05) is 18.8 Å². The third-order valence-electron chi connectivity index (χ3n) is 3.80. The van der Waals surface area contributed by atoms with Gasteiger partial charge in [0.15, 0.2) is 4.34 Å². The number of amides is 1. The molecule has 2 aromatic rings. The first-order valence-corrected chi connectivity index (χ1v) is 11.2. The van der Waals surface area contributed by atoms with Crippen molar-refractivity contribution in [3.05, 3.63) is 24.3 Å². The molecule has 0 bridgehead atoms. The van der Waals surface area contributed by atoms with Crippen LogP contribution in [-0.2, 0) is 19.6 Å². The van der Waals surface area contributed by atoms with E-state index < -0.39 is 15.3 Å². The highest BCUT2D eigenvalue weighted by atomic mass is 32.2. The molecule has 3 rings (SSSR count). The summed E-state index contributed by atoms with van der Waals surface area (Å²) in [5.41, 5.74) is 6.05. The molecule has 1 amide bonds. The Morgan fingerprint density at radius 2 is 1.96 bits per heavy atom. The van der Waals surface area contributed by atoms with Crippen molar-refractivity contribution < 1.29 is 17.9 Å². The van der Waals surface area contributed by atoms with Crippen molar-refractivity contribution in [3.63, 3.8) is 0 Å². The van der Waals surface area contributed by atoms with Crippen LogP contribution in [0.15, 0.2) is 33.5 Å². The molecule has 0 spiro atoms. The Kier molecular flexibility index (Phi) is 6.32. The molecule has 1 fully saturated rings. The number of hydrogen-bond acceptors (Lipinski definition) is 9. The fraction of sp³-hybridized carbons (Fsp3) is 0.400. The second-order valence-corrected chi connectivity index (χ2v) is 10.2. The number of thioether (sulfide) groups is 1. The van der Waals surface area contributed by atoms with E-state index in [1.807, 2.05) is 0 Å². The van der Waals surface area contributed by atoms with Crippen LogP contribution in [0.1, 0.15) is 6.92 Å². The minimum Gasteiger partial charge on any atom is -0.379 e. The highest BCUT2D eigenvalue weighted by Crippen LogP contribution is 2.28. The van der Waals surface area contributed by atoms with Crippen molar-refractivity contribution in [2.24, 2.45) is 0 Å². The van der Waals surface area contributed by atoms with Crippen molar-refractivity contribution in [2.45, 2.75) is 21.4 Å². The Labute approximate surface area is 165 Å². The quantitative estimate of drug-likeness (QED) is 0.657. The van der Waals surface area contributed by atoms with E-state index in [0.717, 1.165) is 0 Å². The van der Waals surface area contributed by atoms with Crippen LogP contribution in [0, 0.1) is 0 Å². The number of ether oxygens (including phenoxy) is 1. The van der Waals surface area contributed by atoms with Gasteiger partial charge >= 0.3 is 0 Å². The number of hydrogen-bond donors (Lipinski definition) is 2. The number of anilines is 2. The number of morpholine rings is 1. The van der Waals surface area contributed by atoms with Gasteiger partial charge in [-0.1, -0.05) is 23.1 Å². The van der Waals surface area contributed by atoms with Gasteiger partial charge in [0.25, 0.3) is 0 Å². The molecule has 1 aliphatic rings. The molecule has 1 atom stereocenters. The van der Waals surface area contributed by atoms with E-state index in [0.29, 0.717) is 41.5 Å². The van der Waals surface area contributed by atoms with Gasteiger partial charge in [-0.15, -0.1) is 10.2 Å². The zero-order valence-corrected chi connectivity index (χ0v) is 16.9. The van der Waals surface area contributed by atoms with E-state index in [2.05, 4.69) is 15.5 Å². The predicted octanol–water partition coefficient (Wildman–Crippen LogP) is 1.26. The number of nitrogen functional groups attached to an aromatic ring is 1. The summed E-state index contributed by atoms with van der Waals surface area (Å²) in [6.45, 7) is 3.21. The predicted molar refractivity (Wildman–Crippen MR) is 104 cm³/mol. The van der Waals surface area contributed by atoms with Crippen LogP contribution < -0.4 is 11.1 Å². The summed E-state index contributed by atoms with van der Waals surface area (Å²) in [4.78, 5) is 12.5. The molecular weight excluding hydrogens is 410 g/mol. The molecule has 1 aromatic carbocycles. The molecule has 0 saturated carbocycles. The number of carbonyl (C=O) groups excluding carboxylic acids is 1. The van der Waals surface area contributed by atoms with Crippen LogP contribution in [0.2, 0.25) is 0 Å². The Hall–Kier alpha value is -1.73. The maximum Gasteiger partial charge on any atom is 0.243 e. The lowest BCUT2D eigenvalue weighted by molar-refractivity contribution is -0.115. The molecular formula is C15H19N5O4S3. The normalized spacial score (nSPS) is 16.8. The van der Waals surface area contributed by atoms with Gasteiger partial charge in [0.2, 0.25) is 21.1 Å².